The highest BCUT2D eigenvalue weighted by Gasteiger charge is 2.54. The summed E-state index contributed by atoms with van der Waals surface area (Å²) in [5.41, 5.74) is 2.34. The zero-order chi connectivity index (χ0) is 21.7. The van der Waals surface area contributed by atoms with Crippen molar-refractivity contribution in [3.8, 4) is 0 Å². The number of nitrogens with one attached hydrogen (secondary N) is 1. The Hall–Kier alpha value is -2.77. The lowest BCUT2D eigenvalue weighted by Crippen LogP contribution is -2.48. The molecule has 0 unspecified atom stereocenters. The Bertz CT molecular complexity index is 1170. The minimum atomic E-state index is -0.884. The van der Waals surface area contributed by atoms with E-state index in [4.69, 9.17) is 4.98 Å². The molecule has 0 radical (unpaired) electrons. The fourth-order valence-electron chi connectivity index (χ4n) is 5.53. The van der Waals surface area contributed by atoms with E-state index in [9.17, 15) is 9.59 Å². The van der Waals surface area contributed by atoms with Crippen molar-refractivity contribution in [3.63, 3.8) is 0 Å². The number of hydrogen-bond donors (Lipinski definition) is 1. The zero-order valence-corrected chi connectivity index (χ0v) is 18.7. The molecule has 3 heterocycles. The molecular weight excluding hydrogens is 420 g/mol. The Morgan fingerprint density at radius 2 is 1.84 bits per heavy atom. The molecule has 2 saturated heterocycles. The molecule has 1 spiro atoms. The number of imide groups is 1. The summed E-state index contributed by atoms with van der Waals surface area (Å²) in [6.45, 7) is 2.09. The molecule has 3 amide bonds. The van der Waals surface area contributed by atoms with Crippen molar-refractivity contribution in [3.05, 3.63) is 64.7 Å². The predicted octanol–water partition coefficient (Wildman–Crippen LogP) is 4.22. The number of rotatable bonds is 3. The number of fused-ring (bicyclic) bond motifs is 3. The van der Waals surface area contributed by atoms with Crippen molar-refractivity contribution in [1.82, 2.24) is 20.1 Å². The first kappa shape index (κ1) is 19.9. The molecule has 1 N–H and O–H groups in total. The van der Waals surface area contributed by atoms with Crippen LogP contribution in [0.1, 0.15) is 47.7 Å². The molecule has 6 rings (SSSR count). The fourth-order valence-corrected chi connectivity index (χ4v) is 6.66. The van der Waals surface area contributed by atoms with Crippen LogP contribution >= 0.6 is 11.3 Å². The number of piperidine rings is 1. The topological polar surface area (TPSA) is 65.5 Å². The summed E-state index contributed by atoms with van der Waals surface area (Å²) in [5, 5.41) is 4.27. The van der Waals surface area contributed by atoms with Crippen LogP contribution in [0.25, 0.3) is 10.2 Å². The smallest absolute Gasteiger partial charge is 0.319 e. The lowest BCUT2D eigenvalue weighted by molar-refractivity contribution is -0.133. The Labute approximate surface area is 191 Å². The van der Waals surface area contributed by atoms with E-state index in [1.165, 1.54) is 20.2 Å². The zero-order valence-electron chi connectivity index (χ0n) is 17.9. The van der Waals surface area contributed by atoms with Crippen molar-refractivity contribution < 1.29 is 9.59 Å². The van der Waals surface area contributed by atoms with Crippen LogP contribution in [0.2, 0.25) is 0 Å². The highest BCUT2D eigenvalue weighted by atomic mass is 32.1. The van der Waals surface area contributed by atoms with Gasteiger partial charge in [0.15, 0.2) is 0 Å². The van der Waals surface area contributed by atoms with Gasteiger partial charge in [0.25, 0.3) is 5.91 Å². The van der Waals surface area contributed by atoms with Crippen LogP contribution < -0.4 is 5.32 Å². The molecule has 3 aromatic rings. The van der Waals surface area contributed by atoms with Gasteiger partial charge in [-0.1, -0.05) is 36.4 Å². The van der Waals surface area contributed by atoms with Gasteiger partial charge in [-0.3, -0.25) is 9.69 Å². The molecule has 1 aliphatic carbocycles. The Morgan fingerprint density at radius 3 is 2.69 bits per heavy atom. The maximum atomic E-state index is 13.5. The molecule has 0 bridgehead atoms. The van der Waals surface area contributed by atoms with Crippen molar-refractivity contribution in [2.45, 2.75) is 43.6 Å². The van der Waals surface area contributed by atoms with Crippen LogP contribution in [0, 0.1) is 0 Å². The van der Waals surface area contributed by atoms with E-state index in [-0.39, 0.29) is 11.9 Å². The summed E-state index contributed by atoms with van der Waals surface area (Å²) < 4.78 is 1.24. The van der Waals surface area contributed by atoms with Gasteiger partial charge in [0.1, 0.15) is 5.54 Å². The third-order valence-corrected chi connectivity index (χ3v) is 8.44. The van der Waals surface area contributed by atoms with Gasteiger partial charge in [0.2, 0.25) is 0 Å². The van der Waals surface area contributed by atoms with E-state index in [1.807, 2.05) is 24.3 Å². The minimum absolute atomic E-state index is 0.0945. The average Bonchev–Trinajstić information content (AvgIpc) is 3.35. The summed E-state index contributed by atoms with van der Waals surface area (Å²) in [5.74, 6) is 0.353. The number of thiazole rings is 1. The van der Waals surface area contributed by atoms with Crippen LogP contribution in [0.4, 0.5) is 4.79 Å². The number of nitrogens with zero attached hydrogens (tertiary/aromatic N) is 3. The summed E-state index contributed by atoms with van der Waals surface area (Å²) in [6.07, 6.45) is 4.53. The third-order valence-electron chi connectivity index (χ3n) is 7.24. The molecule has 0 saturated carbocycles. The summed E-state index contributed by atoms with van der Waals surface area (Å²) in [4.78, 5) is 34.9. The predicted molar refractivity (Wildman–Crippen MR) is 124 cm³/mol. The quantitative estimate of drug-likeness (QED) is 0.612. The molecule has 1 aromatic heterocycles. The number of aromatic nitrogens is 1. The number of hydrogen-bond acceptors (Lipinski definition) is 5. The van der Waals surface area contributed by atoms with Crippen molar-refractivity contribution in [2.75, 3.05) is 19.8 Å². The van der Waals surface area contributed by atoms with Crippen LogP contribution in [0.3, 0.4) is 0 Å². The Balaban J connectivity index is 1.15. The van der Waals surface area contributed by atoms with Gasteiger partial charge < -0.3 is 5.32 Å². The third kappa shape index (κ3) is 3.14. The highest BCUT2D eigenvalue weighted by molar-refractivity contribution is 7.18. The molecule has 2 aliphatic heterocycles. The highest BCUT2D eigenvalue weighted by Crippen LogP contribution is 2.40. The SMILES string of the molecule is O=C1N[C@]2(CCCc3ccccc32)C(=O)N1CN1CCC(c2nc3ccccc3s2)CC1. The Kier molecular flexibility index (Phi) is 4.77. The van der Waals surface area contributed by atoms with Crippen molar-refractivity contribution in [1.29, 1.82) is 0 Å². The van der Waals surface area contributed by atoms with Gasteiger partial charge >= 0.3 is 6.03 Å². The number of urea groups is 1. The number of carbonyl (C=O) groups excluding carboxylic acids is 2. The van der Waals surface area contributed by atoms with Gasteiger partial charge in [-0.15, -0.1) is 11.3 Å². The van der Waals surface area contributed by atoms with E-state index in [0.717, 1.165) is 49.9 Å². The Morgan fingerprint density at radius 1 is 1.06 bits per heavy atom. The fraction of sp³-hybridized carbons (Fsp3) is 0.400. The van der Waals surface area contributed by atoms with Gasteiger partial charge in [-0.2, -0.15) is 0 Å². The van der Waals surface area contributed by atoms with Crippen LogP contribution in [0.15, 0.2) is 48.5 Å². The van der Waals surface area contributed by atoms with Gasteiger partial charge in [-0.05, 0) is 55.4 Å². The average molecular weight is 447 g/mol. The standard InChI is InChI=1S/C25H26N4O2S/c30-23-25(13-5-7-17-6-1-2-8-19(17)25)27-24(31)29(23)16-28-14-11-18(12-15-28)22-26-20-9-3-4-10-21(20)32-22/h1-4,6,8-10,18H,5,7,11-16H2,(H,27,31)/t25-/m0/s1. The second-order valence-corrected chi connectivity index (χ2v) is 10.2. The first-order valence-electron chi connectivity index (χ1n) is 11.4. The second kappa shape index (κ2) is 7.67. The number of aryl methyl sites for hydroxylation is 1. The van der Waals surface area contributed by atoms with Crippen LogP contribution in [-0.4, -0.2) is 46.5 Å². The summed E-state index contributed by atoms with van der Waals surface area (Å²) in [7, 11) is 0. The lowest BCUT2D eigenvalue weighted by atomic mass is 9.76. The molecule has 1 atom stereocenters. The maximum absolute atomic E-state index is 13.5. The summed E-state index contributed by atoms with van der Waals surface area (Å²) in [6, 6.07) is 16.1. The first-order chi connectivity index (χ1) is 15.6. The van der Waals surface area contributed by atoms with Gasteiger partial charge in [-0.25, -0.2) is 14.7 Å². The molecule has 6 nitrogen and oxygen atoms in total. The van der Waals surface area contributed by atoms with Gasteiger partial charge in [0, 0.05) is 19.0 Å². The summed E-state index contributed by atoms with van der Waals surface area (Å²) >= 11 is 1.79. The number of benzene rings is 2. The van der Waals surface area contributed by atoms with Crippen molar-refractivity contribution in [2.24, 2.45) is 0 Å². The van der Waals surface area contributed by atoms with E-state index >= 15 is 0 Å². The molecule has 2 fully saturated rings. The maximum Gasteiger partial charge on any atom is 0.326 e. The van der Waals surface area contributed by atoms with Crippen molar-refractivity contribution >= 4 is 33.5 Å². The largest absolute Gasteiger partial charge is 0.326 e. The van der Waals surface area contributed by atoms with Gasteiger partial charge in [0.05, 0.1) is 21.9 Å². The molecule has 2 aromatic carbocycles. The van der Waals surface area contributed by atoms with Crippen LogP contribution in [0.5, 0.6) is 0 Å². The van der Waals surface area contributed by atoms with E-state index < -0.39 is 5.54 Å². The monoisotopic (exact) mass is 446 g/mol. The van der Waals surface area contributed by atoms with Crippen LogP contribution in [-0.2, 0) is 16.8 Å². The molecule has 3 aliphatic rings. The molecule has 32 heavy (non-hydrogen) atoms. The van der Waals surface area contributed by atoms with E-state index in [2.05, 4.69) is 34.5 Å². The molecule has 164 valence electrons. The number of para-hydroxylation sites is 1. The number of carbonyl (C=O) groups is 2. The molecular formula is C25H26N4O2S. The molecule has 7 heteroatoms. The second-order valence-electron chi connectivity index (χ2n) is 9.13. The minimum Gasteiger partial charge on any atom is -0.319 e. The lowest BCUT2D eigenvalue weighted by Gasteiger charge is -2.35. The number of likely N-dealkylation sites (tertiary alicyclic amines) is 1. The van der Waals surface area contributed by atoms with E-state index in [1.54, 1.807) is 11.3 Å². The number of amides is 3. The first-order valence-corrected chi connectivity index (χ1v) is 12.3. The normalized spacial score (nSPS) is 24.3. The van der Waals surface area contributed by atoms with E-state index in [0.29, 0.717) is 19.0 Å².